The summed E-state index contributed by atoms with van der Waals surface area (Å²) in [5.74, 6) is 0.679. The molecule has 0 aromatic carbocycles. The van der Waals surface area contributed by atoms with E-state index >= 15 is 0 Å². The highest BCUT2D eigenvalue weighted by atomic mass is 32.2. The van der Waals surface area contributed by atoms with E-state index in [9.17, 15) is 8.42 Å². The van der Waals surface area contributed by atoms with Gasteiger partial charge in [-0.15, -0.1) is 0 Å². The third kappa shape index (κ3) is 4.54. The predicted molar refractivity (Wildman–Crippen MR) is 66.9 cm³/mol. The Morgan fingerprint density at radius 2 is 2.06 bits per heavy atom. The van der Waals surface area contributed by atoms with E-state index in [1.54, 1.807) is 0 Å². The molecule has 2 aliphatic heterocycles. The molecule has 1 unspecified atom stereocenters. The van der Waals surface area contributed by atoms with Crippen molar-refractivity contribution in [2.24, 2.45) is 0 Å². The second kappa shape index (κ2) is 6.13. The average molecular weight is 262 g/mol. The average Bonchev–Trinajstić information content (AvgIpc) is 2.66. The molecular weight excluding hydrogens is 240 g/mol. The molecule has 5 nitrogen and oxygen atoms in total. The first-order valence-corrected chi connectivity index (χ1v) is 8.22. The number of ether oxygens (including phenoxy) is 1. The highest BCUT2D eigenvalue weighted by Crippen LogP contribution is 2.11. The quantitative estimate of drug-likeness (QED) is 0.676. The minimum absolute atomic E-state index is 0.185. The Morgan fingerprint density at radius 3 is 2.71 bits per heavy atom. The topological polar surface area (TPSA) is 58.6 Å². The number of morpholine rings is 1. The molecule has 0 aliphatic carbocycles. The molecule has 0 spiro atoms. The minimum Gasteiger partial charge on any atom is -0.379 e. The summed E-state index contributed by atoms with van der Waals surface area (Å²) in [5, 5.41) is 3.34. The monoisotopic (exact) mass is 262 g/mol. The highest BCUT2D eigenvalue weighted by Gasteiger charge is 2.26. The molecule has 0 saturated carbocycles. The van der Waals surface area contributed by atoms with Crippen molar-refractivity contribution in [3.05, 3.63) is 0 Å². The SMILES string of the molecule is O=S1(=O)CCC(NCCCN2CCOCC2)C1. The first kappa shape index (κ1) is 13.3. The predicted octanol–water partition coefficient (Wildman–Crippen LogP) is -0.515. The summed E-state index contributed by atoms with van der Waals surface area (Å²) < 4.78 is 27.8. The maximum absolute atomic E-state index is 11.3. The molecule has 2 saturated heterocycles. The summed E-state index contributed by atoms with van der Waals surface area (Å²) in [5.41, 5.74) is 0. The van der Waals surface area contributed by atoms with Crippen molar-refractivity contribution in [3.63, 3.8) is 0 Å². The summed E-state index contributed by atoms with van der Waals surface area (Å²) in [6.07, 6.45) is 1.86. The first-order chi connectivity index (χ1) is 8.16. The van der Waals surface area contributed by atoms with E-state index in [1.807, 2.05) is 0 Å². The van der Waals surface area contributed by atoms with Gasteiger partial charge >= 0.3 is 0 Å². The third-order valence-corrected chi connectivity index (χ3v) is 5.19. The van der Waals surface area contributed by atoms with Crippen LogP contribution in [-0.4, -0.2) is 70.3 Å². The van der Waals surface area contributed by atoms with Gasteiger partial charge in [-0.2, -0.15) is 0 Å². The highest BCUT2D eigenvalue weighted by molar-refractivity contribution is 7.91. The van der Waals surface area contributed by atoms with E-state index in [-0.39, 0.29) is 6.04 Å². The van der Waals surface area contributed by atoms with E-state index in [2.05, 4.69) is 10.2 Å². The zero-order chi connectivity index (χ0) is 12.1. The number of hydrogen-bond donors (Lipinski definition) is 1. The Morgan fingerprint density at radius 1 is 1.29 bits per heavy atom. The first-order valence-electron chi connectivity index (χ1n) is 6.40. The molecule has 0 aromatic heterocycles. The van der Waals surface area contributed by atoms with Crippen LogP contribution in [0.5, 0.6) is 0 Å². The molecule has 2 rings (SSSR count). The van der Waals surface area contributed by atoms with Crippen LogP contribution in [-0.2, 0) is 14.6 Å². The lowest BCUT2D eigenvalue weighted by atomic mass is 10.2. The van der Waals surface area contributed by atoms with Crippen molar-refractivity contribution in [3.8, 4) is 0 Å². The van der Waals surface area contributed by atoms with Crippen LogP contribution in [0.1, 0.15) is 12.8 Å². The van der Waals surface area contributed by atoms with Crippen molar-refractivity contribution in [2.75, 3.05) is 50.9 Å². The number of nitrogens with zero attached hydrogens (tertiary/aromatic N) is 1. The molecule has 17 heavy (non-hydrogen) atoms. The molecule has 2 heterocycles. The van der Waals surface area contributed by atoms with Crippen molar-refractivity contribution in [1.82, 2.24) is 10.2 Å². The summed E-state index contributed by atoms with van der Waals surface area (Å²) in [7, 11) is -2.74. The van der Waals surface area contributed by atoms with Gasteiger partial charge < -0.3 is 10.1 Å². The van der Waals surface area contributed by atoms with Crippen LogP contribution in [0.25, 0.3) is 0 Å². The van der Waals surface area contributed by atoms with Crippen LogP contribution in [0, 0.1) is 0 Å². The zero-order valence-corrected chi connectivity index (χ0v) is 11.0. The third-order valence-electron chi connectivity index (χ3n) is 3.42. The fourth-order valence-corrected chi connectivity index (χ4v) is 4.10. The summed E-state index contributed by atoms with van der Waals surface area (Å²) in [4.78, 5) is 2.40. The van der Waals surface area contributed by atoms with E-state index in [0.29, 0.717) is 11.5 Å². The Hall–Kier alpha value is -0.170. The molecule has 2 aliphatic rings. The number of hydrogen-bond acceptors (Lipinski definition) is 5. The second-order valence-electron chi connectivity index (χ2n) is 4.86. The van der Waals surface area contributed by atoms with E-state index in [0.717, 1.165) is 52.2 Å². The number of nitrogens with one attached hydrogen (secondary N) is 1. The van der Waals surface area contributed by atoms with Crippen LogP contribution >= 0.6 is 0 Å². The number of rotatable bonds is 5. The zero-order valence-electron chi connectivity index (χ0n) is 10.2. The lowest BCUT2D eigenvalue weighted by Crippen LogP contribution is -2.38. The van der Waals surface area contributed by atoms with Crippen LogP contribution in [0.3, 0.4) is 0 Å². The van der Waals surface area contributed by atoms with Crippen molar-refractivity contribution < 1.29 is 13.2 Å². The Bertz CT molecular complexity index is 326. The minimum atomic E-state index is -2.74. The summed E-state index contributed by atoms with van der Waals surface area (Å²) >= 11 is 0. The van der Waals surface area contributed by atoms with Crippen molar-refractivity contribution in [2.45, 2.75) is 18.9 Å². The molecule has 1 N–H and O–H groups in total. The Balaban J connectivity index is 1.54. The Labute approximate surface area is 103 Å². The molecule has 0 aromatic rings. The maximum Gasteiger partial charge on any atom is 0.151 e. The van der Waals surface area contributed by atoms with E-state index in [1.165, 1.54) is 0 Å². The molecule has 0 bridgehead atoms. The van der Waals surface area contributed by atoms with Gasteiger partial charge in [0.25, 0.3) is 0 Å². The van der Waals surface area contributed by atoms with Crippen molar-refractivity contribution >= 4 is 9.84 Å². The molecular formula is C11H22N2O3S. The van der Waals surface area contributed by atoms with Crippen LogP contribution < -0.4 is 5.32 Å². The van der Waals surface area contributed by atoms with Crippen LogP contribution in [0.2, 0.25) is 0 Å². The smallest absolute Gasteiger partial charge is 0.151 e. The molecule has 100 valence electrons. The normalized spacial score (nSPS) is 29.5. The fraction of sp³-hybridized carbons (Fsp3) is 1.00. The van der Waals surface area contributed by atoms with Gasteiger partial charge in [0, 0.05) is 19.1 Å². The van der Waals surface area contributed by atoms with Crippen LogP contribution in [0.15, 0.2) is 0 Å². The lowest BCUT2D eigenvalue weighted by molar-refractivity contribution is 0.0374. The second-order valence-corrected chi connectivity index (χ2v) is 7.09. The van der Waals surface area contributed by atoms with Gasteiger partial charge in [-0.05, 0) is 25.9 Å². The summed E-state index contributed by atoms with van der Waals surface area (Å²) in [6, 6.07) is 0.185. The Kier molecular flexibility index (Phi) is 4.78. The molecule has 0 amide bonds. The molecule has 6 heteroatoms. The molecule has 1 atom stereocenters. The van der Waals surface area contributed by atoms with Gasteiger partial charge in [0.1, 0.15) is 0 Å². The van der Waals surface area contributed by atoms with E-state index < -0.39 is 9.84 Å². The van der Waals surface area contributed by atoms with E-state index in [4.69, 9.17) is 4.74 Å². The van der Waals surface area contributed by atoms with Crippen molar-refractivity contribution in [1.29, 1.82) is 0 Å². The standard InChI is InChI=1S/C11H22N2O3S/c14-17(15)9-2-11(10-17)12-3-1-4-13-5-7-16-8-6-13/h11-12H,1-10H2. The maximum atomic E-state index is 11.3. The van der Waals surface area contributed by atoms with Crippen LogP contribution in [0.4, 0.5) is 0 Å². The van der Waals surface area contributed by atoms with Gasteiger partial charge in [0.15, 0.2) is 9.84 Å². The van der Waals surface area contributed by atoms with Gasteiger partial charge in [0.05, 0.1) is 24.7 Å². The lowest BCUT2D eigenvalue weighted by Gasteiger charge is -2.26. The largest absolute Gasteiger partial charge is 0.379 e. The molecule has 0 radical (unpaired) electrons. The van der Waals surface area contributed by atoms with Gasteiger partial charge in [-0.25, -0.2) is 8.42 Å². The number of sulfone groups is 1. The fourth-order valence-electron chi connectivity index (χ4n) is 2.39. The molecule has 2 fully saturated rings. The van der Waals surface area contributed by atoms with Gasteiger partial charge in [0.2, 0.25) is 0 Å². The summed E-state index contributed by atoms with van der Waals surface area (Å²) in [6.45, 7) is 5.73. The van der Waals surface area contributed by atoms with Gasteiger partial charge in [-0.1, -0.05) is 0 Å². The van der Waals surface area contributed by atoms with Gasteiger partial charge in [-0.3, -0.25) is 4.90 Å².